The summed E-state index contributed by atoms with van der Waals surface area (Å²) in [5, 5.41) is 7.51. The zero-order valence-corrected chi connectivity index (χ0v) is 14.9. The predicted molar refractivity (Wildman–Crippen MR) is 89.0 cm³/mol. The number of nitrogens with one attached hydrogen (secondary N) is 2. The maximum atomic E-state index is 12.6. The van der Waals surface area contributed by atoms with E-state index in [4.69, 9.17) is 0 Å². The van der Waals surface area contributed by atoms with Gasteiger partial charge in [-0.25, -0.2) is 9.69 Å². The lowest BCUT2D eigenvalue weighted by Crippen LogP contribution is -2.50. The molecule has 2 N–H and O–H groups in total. The highest BCUT2D eigenvalue weighted by molar-refractivity contribution is 7.10. The molecule has 0 radical (unpaired) electrons. The first-order valence-corrected chi connectivity index (χ1v) is 8.52. The SMILES string of the molecule is CC(C)[C@@H](NC(=O)[C@H](C)N1C(=O)NC(C)(C)C1=O)c1cccs1. The van der Waals surface area contributed by atoms with E-state index in [1.54, 1.807) is 32.1 Å². The fourth-order valence-corrected chi connectivity index (χ4v) is 3.50. The summed E-state index contributed by atoms with van der Waals surface area (Å²) in [4.78, 5) is 38.9. The molecule has 7 heteroatoms. The van der Waals surface area contributed by atoms with E-state index < -0.39 is 17.6 Å². The van der Waals surface area contributed by atoms with E-state index in [2.05, 4.69) is 10.6 Å². The van der Waals surface area contributed by atoms with Crippen molar-refractivity contribution in [3.63, 3.8) is 0 Å². The third-order valence-corrected chi connectivity index (χ3v) is 4.93. The van der Waals surface area contributed by atoms with E-state index in [0.717, 1.165) is 9.78 Å². The number of thiophene rings is 1. The lowest BCUT2D eigenvalue weighted by atomic mass is 10.0. The minimum absolute atomic E-state index is 0.140. The number of nitrogens with zero attached hydrogens (tertiary/aromatic N) is 1. The summed E-state index contributed by atoms with van der Waals surface area (Å²) >= 11 is 1.57. The standard InChI is InChI=1S/C16H23N3O3S/c1-9(2)12(11-7-6-8-23-11)17-13(20)10(3)19-14(21)16(4,5)18-15(19)22/h6-10,12H,1-5H3,(H,17,20)(H,18,22)/t10-,12+/m0/s1. The molecule has 0 unspecified atom stereocenters. The van der Waals surface area contributed by atoms with E-state index >= 15 is 0 Å². The molecule has 0 saturated carbocycles. The number of hydrogen-bond donors (Lipinski definition) is 2. The molecule has 0 spiro atoms. The third-order valence-electron chi connectivity index (χ3n) is 3.97. The van der Waals surface area contributed by atoms with Gasteiger partial charge in [0.15, 0.2) is 0 Å². The lowest BCUT2D eigenvalue weighted by molar-refractivity contribution is -0.137. The lowest BCUT2D eigenvalue weighted by Gasteiger charge is -2.26. The molecule has 2 rings (SSSR count). The molecule has 2 atom stereocenters. The summed E-state index contributed by atoms with van der Waals surface area (Å²) < 4.78 is 0. The van der Waals surface area contributed by atoms with E-state index in [9.17, 15) is 14.4 Å². The summed E-state index contributed by atoms with van der Waals surface area (Å²) in [7, 11) is 0. The zero-order valence-electron chi connectivity index (χ0n) is 14.0. The highest BCUT2D eigenvalue weighted by Gasteiger charge is 2.48. The monoisotopic (exact) mass is 337 g/mol. The molecule has 1 fully saturated rings. The number of carbonyl (C=O) groups is 3. The van der Waals surface area contributed by atoms with Gasteiger partial charge in [-0.2, -0.15) is 0 Å². The molecule has 6 nitrogen and oxygen atoms in total. The first-order chi connectivity index (χ1) is 10.6. The highest BCUT2D eigenvalue weighted by atomic mass is 32.1. The van der Waals surface area contributed by atoms with Crippen LogP contribution in [0.25, 0.3) is 0 Å². The molecular formula is C16H23N3O3S. The van der Waals surface area contributed by atoms with Crippen LogP contribution in [0.3, 0.4) is 0 Å². The van der Waals surface area contributed by atoms with Gasteiger partial charge in [0.05, 0.1) is 6.04 Å². The van der Waals surface area contributed by atoms with Crippen LogP contribution >= 0.6 is 11.3 Å². The molecule has 126 valence electrons. The van der Waals surface area contributed by atoms with Gasteiger partial charge in [-0.3, -0.25) is 9.59 Å². The fraction of sp³-hybridized carbons (Fsp3) is 0.562. The molecule has 0 bridgehead atoms. The zero-order chi connectivity index (χ0) is 17.4. The van der Waals surface area contributed by atoms with Crippen LogP contribution < -0.4 is 10.6 Å². The van der Waals surface area contributed by atoms with Gasteiger partial charge in [-0.1, -0.05) is 19.9 Å². The summed E-state index contributed by atoms with van der Waals surface area (Å²) in [6.07, 6.45) is 0. The second-order valence-electron chi connectivity index (χ2n) is 6.65. The maximum Gasteiger partial charge on any atom is 0.325 e. The van der Waals surface area contributed by atoms with Gasteiger partial charge < -0.3 is 10.6 Å². The molecule has 0 aromatic carbocycles. The second kappa shape index (κ2) is 6.31. The van der Waals surface area contributed by atoms with E-state index in [1.165, 1.54) is 0 Å². The van der Waals surface area contributed by atoms with Gasteiger partial charge in [0.2, 0.25) is 5.91 Å². The van der Waals surface area contributed by atoms with Crippen molar-refractivity contribution in [3.8, 4) is 0 Å². The summed E-state index contributed by atoms with van der Waals surface area (Å²) in [6, 6.07) is 2.38. The van der Waals surface area contributed by atoms with Crippen LogP contribution in [0.15, 0.2) is 17.5 Å². The van der Waals surface area contributed by atoms with Crippen LogP contribution in [0, 0.1) is 5.92 Å². The van der Waals surface area contributed by atoms with Crippen molar-refractivity contribution in [2.75, 3.05) is 0 Å². The molecule has 2 heterocycles. The number of rotatable bonds is 5. The molecule has 4 amide bonds. The molecular weight excluding hydrogens is 314 g/mol. The molecule has 1 aliphatic heterocycles. The quantitative estimate of drug-likeness (QED) is 0.809. The van der Waals surface area contributed by atoms with Gasteiger partial charge >= 0.3 is 6.03 Å². The molecule has 1 aromatic heterocycles. The Bertz CT molecular complexity index is 610. The van der Waals surface area contributed by atoms with E-state index in [0.29, 0.717) is 0 Å². The van der Waals surface area contributed by atoms with Gasteiger partial charge in [-0.15, -0.1) is 11.3 Å². The Labute approximate surface area is 140 Å². The Kier molecular flexibility index (Phi) is 4.79. The number of urea groups is 1. The first-order valence-electron chi connectivity index (χ1n) is 7.64. The average Bonchev–Trinajstić information content (AvgIpc) is 3.02. The van der Waals surface area contributed by atoms with Crippen molar-refractivity contribution < 1.29 is 14.4 Å². The Morgan fingerprint density at radius 3 is 2.39 bits per heavy atom. The molecule has 1 aliphatic rings. The normalized spacial score (nSPS) is 19.7. The van der Waals surface area contributed by atoms with Crippen LogP contribution in [0.4, 0.5) is 4.79 Å². The van der Waals surface area contributed by atoms with Crippen LogP contribution in [-0.2, 0) is 9.59 Å². The smallest absolute Gasteiger partial charge is 0.325 e. The topological polar surface area (TPSA) is 78.5 Å². The van der Waals surface area contributed by atoms with Crippen LogP contribution in [0.5, 0.6) is 0 Å². The van der Waals surface area contributed by atoms with Crippen molar-refractivity contribution in [2.24, 2.45) is 5.92 Å². The Hall–Kier alpha value is -1.89. The van der Waals surface area contributed by atoms with Crippen LogP contribution in [0.2, 0.25) is 0 Å². The summed E-state index contributed by atoms with van der Waals surface area (Å²) in [5.74, 6) is -0.523. The number of carbonyl (C=O) groups excluding carboxylic acids is 3. The van der Waals surface area contributed by atoms with Crippen molar-refractivity contribution >= 4 is 29.2 Å². The average molecular weight is 337 g/mol. The van der Waals surface area contributed by atoms with Crippen LogP contribution in [-0.4, -0.2) is 34.3 Å². The van der Waals surface area contributed by atoms with Gasteiger partial charge in [0.25, 0.3) is 5.91 Å². The summed E-state index contributed by atoms with van der Waals surface area (Å²) in [5.41, 5.74) is -0.975. The fourth-order valence-electron chi connectivity index (χ4n) is 2.55. The van der Waals surface area contributed by atoms with Gasteiger partial charge in [-0.05, 0) is 38.1 Å². The van der Waals surface area contributed by atoms with E-state index in [-0.39, 0.29) is 23.8 Å². The predicted octanol–water partition coefficient (Wildman–Crippen LogP) is 2.28. The van der Waals surface area contributed by atoms with Crippen molar-refractivity contribution in [3.05, 3.63) is 22.4 Å². The third kappa shape index (κ3) is 3.39. The number of amides is 4. The highest BCUT2D eigenvalue weighted by Crippen LogP contribution is 2.26. The Balaban J connectivity index is 2.14. The maximum absolute atomic E-state index is 12.6. The number of imide groups is 1. The summed E-state index contributed by atoms with van der Waals surface area (Å²) in [6.45, 7) is 8.86. The number of hydrogen-bond acceptors (Lipinski definition) is 4. The Morgan fingerprint density at radius 2 is 1.96 bits per heavy atom. The second-order valence-corrected chi connectivity index (χ2v) is 7.63. The van der Waals surface area contributed by atoms with Crippen molar-refractivity contribution in [2.45, 2.75) is 52.2 Å². The van der Waals surface area contributed by atoms with Crippen molar-refractivity contribution in [1.82, 2.24) is 15.5 Å². The van der Waals surface area contributed by atoms with E-state index in [1.807, 2.05) is 31.4 Å². The molecule has 1 saturated heterocycles. The van der Waals surface area contributed by atoms with Gasteiger partial charge in [0, 0.05) is 4.88 Å². The molecule has 23 heavy (non-hydrogen) atoms. The largest absolute Gasteiger partial charge is 0.346 e. The Morgan fingerprint density at radius 1 is 1.30 bits per heavy atom. The molecule has 0 aliphatic carbocycles. The first kappa shape index (κ1) is 17.5. The molecule has 1 aromatic rings. The van der Waals surface area contributed by atoms with Gasteiger partial charge in [0.1, 0.15) is 11.6 Å². The van der Waals surface area contributed by atoms with Crippen LogP contribution in [0.1, 0.15) is 45.5 Å². The minimum atomic E-state index is -0.975. The van der Waals surface area contributed by atoms with Crippen molar-refractivity contribution in [1.29, 1.82) is 0 Å². The minimum Gasteiger partial charge on any atom is -0.346 e.